The van der Waals surface area contributed by atoms with E-state index in [4.69, 9.17) is 0 Å². The average Bonchev–Trinajstić information content (AvgIpc) is 3.02. The van der Waals surface area contributed by atoms with Crippen LogP contribution in [0.4, 0.5) is 18.9 Å². The molecule has 0 bridgehead atoms. The molecule has 2 rings (SSSR count). The number of nitrogens with zero attached hydrogens (tertiary/aromatic N) is 5. The van der Waals surface area contributed by atoms with Crippen LogP contribution in [0.1, 0.15) is 12.5 Å². The Morgan fingerprint density at radius 2 is 2.00 bits per heavy atom. The fourth-order valence-corrected chi connectivity index (χ4v) is 2.89. The number of thioether (sulfide) groups is 1. The number of halogens is 3. The van der Waals surface area contributed by atoms with E-state index >= 15 is 0 Å². The molecule has 0 aliphatic rings. The first kappa shape index (κ1) is 20.7. The maximum atomic E-state index is 13.0. The number of amides is 2. The third-order valence-electron chi connectivity index (χ3n) is 3.48. The molecule has 2 amide bonds. The second kappa shape index (κ2) is 8.84. The molecule has 8 nitrogen and oxygen atoms in total. The molecule has 0 radical (unpaired) electrons. The minimum absolute atomic E-state index is 0.00548. The maximum Gasteiger partial charge on any atom is 0.418 e. The number of aryl methyl sites for hydroxylation is 1. The second-order valence-electron chi connectivity index (χ2n) is 5.37. The van der Waals surface area contributed by atoms with Gasteiger partial charge in [-0.15, -0.1) is 5.10 Å². The number of para-hydroxylation sites is 1. The predicted octanol–water partition coefficient (Wildman–Crippen LogP) is 1.81. The molecule has 1 heterocycles. The van der Waals surface area contributed by atoms with Crippen LogP contribution in [0.2, 0.25) is 0 Å². The highest BCUT2D eigenvalue weighted by atomic mass is 32.2. The van der Waals surface area contributed by atoms with Gasteiger partial charge in [-0.2, -0.15) is 13.2 Å². The summed E-state index contributed by atoms with van der Waals surface area (Å²) in [7, 11) is 1.62. The van der Waals surface area contributed by atoms with Gasteiger partial charge in [0, 0.05) is 13.6 Å². The summed E-state index contributed by atoms with van der Waals surface area (Å²) < 4.78 is 40.4. The molecule has 0 atom stereocenters. The quantitative estimate of drug-likeness (QED) is 0.710. The zero-order valence-electron chi connectivity index (χ0n) is 14.5. The van der Waals surface area contributed by atoms with Crippen LogP contribution in [0.3, 0.4) is 0 Å². The van der Waals surface area contributed by atoms with Crippen molar-refractivity contribution in [3.05, 3.63) is 29.8 Å². The molecule has 0 spiro atoms. The van der Waals surface area contributed by atoms with Gasteiger partial charge < -0.3 is 10.2 Å². The lowest BCUT2D eigenvalue weighted by Gasteiger charge is -2.21. The summed E-state index contributed by atoms with van der Waals surface area (Å²) in [6, 6.07) is 4.66. The van der Waals surface area contributed by atoms with E-state index in [-0.39, 0.29) is 30.4 Å². The molecule has 0 aliphatic heterocycles. The van der Waals surface area contributed by atoms with Crippen molar-refractivity contribution in [3.8, 4) is 0 Å². The third-order valence-corrected chi connectivity index (χ3v) is 4.48. The van der Waals surface area contributed by atoms with Crippen LogP contribution >= 0.6 is 11.8 Å². The maximum absolute atomic E-state index is 13.0. The summed E-state index contributed by atoms with van der Waals surface area (Å²) in [5, 5.41) is 13.5. The van der Waals surface area contributed by atoms with E-state index in [1.165, 1.54) is 21.7 Å². The van der Waals surface area contributed by atoms with Gasteiger partial charge in [-0.25, -0.2) is 4.68 Å². The molecule has 2 aromatic rings. The zero-order chi connectivity index (χ0) is 20.0. The number of tetrazole rings is 1. The molecule has 0 fully saturated rings. The van der Waals surface area contributed by atoms with Gasteiger partial charge >= 0.3 is 6.18 Å². The van der Waals surface area contributed by atoms with Gasteiger partial charge in [-0.1, -0.05) is 23.9 Å². The summed E-state index contributed by atoms with van der Waals surface area (Å²) in [6.07, 6.45) is -4.59. The zero-order valence-corrected chi connectivity index (χ0v) is 15.3. The predicted molar refractivity (Wildman–Crippen MR) is 91.8 cm³/mol. The summed E-state index contributed by atoms with van der Waals surface area (Å²) in [4.78, 5) is 25.6. The Morgan fingerprint density at radius 3 is 2.59 bits per heavy atom. The van der Waals surface area contributed by atoms with Crippen LogP contribution in [0.25, 0.3) is 0 Å². The minimum Gasteiger partial charge on any atom is -0.333 e. The number of alkyl halides is 3. The number of aromatic nitrogens is 4. The molecule has 146 valence electrons. The molecule has 0 saturated carbocycles. The lowest BCUT2D eigenvalue weighted by atomic mass is 10.1. The third kappa shape index (κ3) is 5.67. The van der Waals surface area contributed by atoms with Crippen molar-refractivity contribution in [3.63, 3.8) is 0 Å². The lowest BCUT2D eigenvalue weighted by molar-refractivity contribution is -0.137. The van der Waals surface area contributed by atoms with Crippen molar-refractivity contribution in [2.45, 2.75) is 18.3 Å². The summed E-state index contributed by atoms with van der Waals surface area (Å²) in [5.74, 6) is -1.08. The molecule has 1 aromatic heterocycles. The smallest absolute Gasteiger partial charge is 0.333 e. The summed E-state index contributed by atoms with van der Waals surface area (Å²) in [5.41, 5.74) is -1.30. The van der Waals surface area contributed by atoms with E-state index in [0.717, 1.165) is 23.9 Å². The van der Waals surface area contributed by atoms with Crippen LogP contribution in [-0.4, -0.2) is 55.8 Å². The van der Waals surface area contributed by atoms with E-state index in [9.17, 15) is 22.8 Å². The number of anilines is 1. The second-order valence-corrected chi connectivity index (χ2v) is 6.32. The van der Waals surface area contributed by atoms with E-state index in [1.807, 2.05) is 0 Å². The number of nitrogens with one attached hydrogen (secondary N) is 1. The molecule has 1 aromatic carbocycles. The normalized spacial score (nSPS) is 11.3. The molecule has 12 heteroatoms. The Kier molecular flexibility index (Phi) is 6.77. The van der Waals surface area contributed by atoms with Crippen molar-refractivity contribution >= 4 is 29.3 Å². The van der Waals surface area contributed by atoms with Gasteiger partial charge in [0.1, 0.15) is 0 Å². The van der Waals surface area contributed by atoms with E-state index in [0.29, 0.717) is 5.16 Å². The molecule has 0 aliphatic carbocycles. The van der Waals surface area contributed by atoms with Gasteiger partial charge in [0.25, 0.3) is 0 Å². The van der Waals surface area contributed by atoms with Crippen molar-refractivity contribution in [1.29, 1.82) is 0 Å². The molecule has 27 heavy (non-hydrogen) atoms. The standard InChI is InChI=1S/C15H17F3N6O2S/c1-3-24(13(26)9-27-14-20-21-22-23(14)2)8-12(25)19-11-7-5-4-6-10(11)15(16,17)18/h4-7H,3,8-9H2,1-2H3,(H,19,25). The highest BCUT2D eigenvalue weighted by molar-refractivity contribution is 7.99. The number of hydrogen-bond donors (Lipinski definition) is 1. The molecule has 0 saturated heterocycles. The van der Waals surface area contributed by atoms with E-state index in [1.54, 1.807) is 14.0 Å². The van der Waals surface area contributed by atoms with E-state index in [2.05, 4.69) is 20.8 Å². The van der Waals surface area contributed by atoms with Gasteiger partial charge in [0.05, 0.1) is 23.5 Å². The lowest BCUT2D eigenvalue weighted by Crippen LogP contribution is -2.39. The summed E-state index contributed by atoms with van der Waals surface area (Å²) in [6.45, 7) is 1.54. The average molecular weight is 402 g/mol. The van der Waals surface area contributed by atoms with Crippen LogP contribution in [0, 0.1) is 0 Å². The number of likely N-dealkylation sites (N-methyl/N-ethyl adjacent to an activating group) is 1. The topological polar surface area (TPSA) is 93.0 Å². The largest absolute Gasteiger partial charge is 0.418 e. The van der Waals surface area contributed by atoms with Crippen LogP contribution in [0.5, 0.6) is 0 Å². The van der Waals surface area contributed by atoms with Crippen molar-refractivity contribution in [1.82, 2.24) is 25.1 Å². The monoisotopic (exact) mass is 402 g/mol. The first-order valence-corrected chi connectivity index (χ1v) is 8.80. The summed E-state index contributed by atoms with van der Waals surface area (Å²) >= 11 is 1.10. The minimum atomic E-state index is -4.59. The first-order valence-electron chi connectivity index (χ1n) is 7.81. The van der Waals surface area contributed by atoms with Gasteiger partial charge in [0.2, 0.25) is 17.0 Å². The fraction of sp³-hybridized carbons (Fsp3) is 0.400. The Labute approximate surface area is 157 Å². The number of carbonyl (C=O) groups is 2. The van der Waals surface area contributed by atoms with Crippen molar-refractivity contribution < 1.29 is 22.8 Å². The Morgan fingerprint density at radius 1 is 1.30 bits per heavy atom. The number of benzene rings is 1. The highest BCUT2D eigenvalue weighted by Gasteiger charge is 2.33. The Bertz CT molecular complexity index is 811. The Balaban J connectivity index is 1.97. The number of rotatable bonds is 7. The van der Waals surface area contributed by atoms with Crippen LogP contribution in [0.15, 0.2) is 29.4 Å². The van der Waals surface area contributed by atoms with E-state index < -0.39 is 17.6 Å². The van der Waals surface area contributed by atoms with Gasteiger partial charge in [0.15, 0.2) is 0 Å². The first-order chi connectivity index (χ1) is 12.7. The number of hydrogen-bond acceptors (Lipinski definition) is 6. The molecular weight excluding hydrogens is 385 g/mol. The highest BCUT2D eigenvalue weighted by Crippen LogP contribution is 2.34. The van der Waals surface area contributed by atoms with Crippen molar-refractivity contribution in [2.75, 3.05) is 24.2 Å². The fourth-order valence-electron chi connectivity index (χ4n) is 2.14. The molecule has 0 unspecified atom stereocenters. The van der Waals surface area contributed by atoms with Gasteiger partial charge in [-0.3, -0.25) is 9.59 Å². The van der Waals surface area contributed by atoms with Crippen LogP contribution < -0.4 is 5.32 Å². The van der Waals surface area contributed by atoms with Crippen LogP contribution in [-0.2, 0) is 22.8 Å². The molecular formula is C15H17F3N6O2S. The number of carbonyl (C=O) groups excluding carboxylic acids is 2. The van der Waals surface area contributed by atoms with Crippen molar-refractivity contribution in [2.24, 2.45) is 7.05 Å². The molecule has 1 N–H and O–H groups in total. The Hall–Kier alpha value is -2.63. The SMILES string of the molecule is CCN(CC(=O)Nc1ccccc1C(F)(F)F)C(=O)CSc1nnnn1C. The van der Waals surface area contributed by atoms with Gasteiger partial charge in [-0.05, 0) is 29.5 Å².